The summed E-state index contributed by atoms with van der Waals surface area (Å²) in [5, 5.41) is 3.52. The molecule has 17 heavy (non-hydrogen) atoms. The van der Waals surface area contributed by atoms with Crippen molar-refractivity contribution in [3.05, 3.63) is 19.8 Å². The van der Waals surface area contributed by atoms with Crippen LogP contribution >= 0.6 is 38.9 Å². The monoisotopic (exact) mass is 333 g/mol. The predicted octanol–water partition coefficient (Wildman–Crippen LogP) is 4.86. The third-order valence-electron chi connectivity index (χ3n) is 4.50. The fourth-order valence-electron chi connectivity index (χ4n) is 3.79. The maximum atomic E-state index is 6.16. The summed E-state index contributed by atoms with van der Waals surface area (Å²) in [5.41, 5.74) is 0. The van der Waals surface area contributed by atoms with Crippen LogP contribution in [0.25, 0.3) is 0 Å². The highest BCUT2D eigenvalue weighted by molar-refractivity contribution is 9.10. The van der Waals surface area contributed by atoms with Crippen LogP contribution in [0.3, 0.4) is 0 Å². The van der Waals surface area contributed by atoms with Crippen LogP contribution in [-0.4, -0.2) is 7.05 Å². The van der Waals surface area contributed by atoms with E-state index in [9.17, 15) is 0 Å². The molecule has 0 saturated heterocycles. The lowest BCUT2D eigenvalue weighted by Gasteiger charge is -2.29. The Bertz CT molecular complexity index is 400. The molecule has 0 amide bonds. The van der Waals surface area contributed by atoms with Crippen LogP contribution in [-0.2, 0) is 0 Å². The van der Waals surface area contributed by atoms with Crippen molar-refractivity contribution in [2.75, 3.05) is 7.05 Å². The van der Waals surface area contributed by atoms with Crippen molar-refractivity contribution in [2.45, 2.75) is 31.7 Å². The second-order valence-corrected chi connectivity index (χ2v) is 7.92. The molecule has 2 saturated carbocycles. The van der Waals surface area contributed by atoms with Gasteiger partial charge in [-0.2, -0.15) is 0 Å². The summed E-state index contributed by atoms with van der Waals surface area (Å²) in [5.74, 6) is 2.76. The maximum absolute atomic E-state index is 6.16. The normalized spacial score (nSPS) is 33.2. The van der Waals surface area contributed by atoms with Gasteiger partial charge in [0.1, 0.15) is 4.34 Å². The van der Waals surface area contributed by atoms with E-state index in [2.05, 4.69) is 34.4 Å². The van der Waals surface area contributed by atoms with Gasteiger partial charge in [-0.25, -0.2) is 0 Å². The van der Waals surface area contributed by atoms with E-state index in [0.717, 1.165) is 26.6 Å². The van der Waals surface area contributed by atoms with Crippen LogP contribution in [0.4, 0.5) is 0 Å². The first-order valence-electron chi connectivity index (χ1n) is 6.31. The highest BCUT2D eigenvalue weighted by Crippen LogP contribution is 2.53. The Morgan fingerprint density at radius 2 is 2.29 bits per heavy atom. The lowest BCUT2D eigenvalue weighted by molar-refractivity contribution is 0.262. The highest BCUT2D eigenvalue weighted by atomic mass is 79.9. The summed E-state index contributed by atoms with van der Waals surface area (Å²) in [6, 6.07) is 2.69. The summed E-state index contributed by atoms with van der Waals surface area (Å²) < 4.78 is 1.92. The molecule has 0 radical (unpaired) electrons. The van der Waals surface area contributed by atoms with E-state index in [4.69, 9.17) is 11.6 Å². The molecule has 94 valence electrons. The Morgan fingerprint density at radius 3 is 2.76 bits per heavy atom. The third-order valence-corrected chi connectivity index (χ3v) is 7.06. The summed E-state index contributed by atoms with van der Waals surface area (Å²) in [6.45, 7) is 0. The molecule has 2 aliphatic carbocycles. The van der Waals surface area contributed by atoms with Crippen molar-refractivity contribution in [3.8, 4) is 0 Å². The van der Waals surface area contributed by atoms with Crippen molar-refractivity contribution in [3.63, 3.8) is 0 Å². The molecule has 4 atom stereocenters. The fourth-order valence-corrected chi connectivity index (χ4v) is 5.71. The minimum atomic E-state index is 0.499. The summed E-state index contributed by atoms with van der Waals surface area (Å²) in [7, 11) is 2.08. The van der Waals surface area contributed by atoms with Gasteiger partial charge < -0.3 is 5.32 Å². The molecule has 1 aromatic rings. The van der Waals surface area contributed by atoms with E-state index in [-0.39, 0.29) is 0 Å². The molecule has 2 aliphatic rings. The number of fused-ring (bicyclic) bond motifs is 2. The number of rotatable bonds is 3. The minimum Gasteiger partial charge on any atom is -0.312 e. The van der Waals surface area contributed by atoms with E-state index >= 15 is 0 Å². The zero-order valence-corrected chi connectivity index (χ0v) is 13.0. The van der Waals surface area contributed by atoms with Gasteiger partial charge in [-0.15, -0.1) is 11.3 Å². The van der Waals surface area contributed by atoms with Gasteiger partial charge in [0, 0.05) is 15.4 Å². The summed E-state index contributed by atoms with van der Waals surface area (Å²) in [6.07, 6.45) is 5.77. The molecule has 1 aromatic heterocycles. The Morgan fingerprint density at radius 1 is 1.47 bits per heavy atom. The number of nitrogens with one attached hydrogen (secondary N) is 1. The topological polar surface area (TPSA) is 12.0 Å². The SMILES string of the molecule is CNC(c1cc(Br)c(Cl)s1)C1CC2CCC1C2. The Kier molecular flexibility index (Phi) is 3.55. The predicted molar refractivity (Wildman–Crippen MR) is 77.8 cm³/mol. The average molecular weight is 335 g/mol. The molecular formula is C13H17BrClNS. The van der Waals surface area contributed by atoms with Gasteiger partial charge in [0.2, 0.25) is 0 Å². The van der Waals surface area contributed by atoms with E-state index < -0.39 is 0 Å². The van der Waals surface area contributed by atoms with Gasteiger partial charge in [0.05, 0.1) is 0 Å². The first-order valence-corrected chi connectivity index (χ1v) is 8.29. The number of thiophene rings is 1. The molecule has 0 spiro atoms. The zero-order valence-electron chi connectivity index (χ0n) is 9.88. The van der Waals surface area contributed by atoms with Crippen LogP contribution in [0, 0.1) is 17.8 Å². The standard InChI is InChI=1S/C13H17BrClNS/c1-16-12(11-6-10(14)13(15)17-11)9-5-7-2-3-8(9)4-7/h6-9,12,16H,2-5H2,1H3. The van der Waals surface area contributed by atoms with Gasteiger partial charge in [-0.05, 0) is 66.1 Å². The van der Waals surface area contributed by atoms with Gasteiger partial charge in [0.25, 0.3) is 0 Å². The molecule has 1 N–H and O–H groups in total. The second-order valence-electron chi connectivity index (χ2n) is 5.38. The Balaban J connectivity index is 1.84. The van der Waals surface area contributed by atoms with Crippen LogP contribution in [0.5, 0.6) is 0 Å². The van der Waals surface area contributed by atoms with Gasteiger partial charge in [0.15, 0.2) is 0 Å². The maximum Gasteiger partial charge on any atom is 0.107 e. The second kappa shape index (κ2) is 4.84. The van der Waals surface area contributed by atoms with E-state index in [1.165, 1.54) is 30.6 Å². The highest BCUT2D eigenvalue weighted by Gasteiger charge is 2.43. The van der Waals surface area contributed by atoms with Gasteiger partial charge in [-0.3, -0.25) is 0 Å². The molecular weight excluding hydrogens is 318 g/mol. The molecule has 2 fully saturated rings. The Labute approximate surface area is 120 Å². The first kappa shape index (κ1) is 12.5. The van der Waals surface area contributed by atoms with Crippen LogP contribution in [0.2, 0.25) is 4.34 Å². The zero-order chi connectivity index (χ0) is 12.0. The molecule has 1 heterocycles. The number of halogens is 2. The van der Waals surface area contributed by atoms with Crippen molar-refractivity contribution in [1.29, 1.82) is 0 Å². The van der Waals surface area contributed by atoms with Gasteiger partial charge in [-0.1, -0.05) is 18.0 Å². The number of hydrogen-bond donors (Lipinski definition) is 1. The summed E-state index contributed by atoms with van der Waals surface area (Å²) in [4.78, 5) is 1.39. The lowest BCUT2D eigenvalue weighted by Crippen LogP contribution is -2.28. The van der Waals surface area contributed by atoms with E-state index in [0.29, 0.717) is 6.04 Å². The Hall–Kier alpha value is 0.430. The third kappa shape index (κ3) is 2.20. The fraction of sp³-hybridized carbons (Fsp3) is 0.692. The molecule has 4 unspecified atom stereocenters. The van der Waals surface area contributed by atoms with Crippen LogP contribution in [0.15, 0.2) is 10.5 Å². The molecule has 4 heteroatoms. The van der Waals surface area contributed by atoms with Crippen molar-refractivity contribution in [1.82, 2.24) is 5.32 Å². The average Bonchev–Trinajstić information content (AvgIpc) is 2.98. The smallest absolute Gasteiger partial charge is 0.107 e. The van der Waals surface area contributed by atoms with Crippen molar-refractivity contribution < 1.29 is 0 Å². The van der Waals surface area contributed by atoms with E-state index in [1.54, 1.807) is 11.3 Å². The molecule has 3 rings (SSSR count). The van der Waals surface area contributed by atoms with Gasteiger partial charge >= 0.3 is 0 Å². The molecule has 0 aromatic carbocycles. The van der Waals surface area contributed by atoms with Crippen molar-refractivity contribution >= 4 is 38.9 Å². The minimum absolute atomic E-state index is 0.499. The van der Waals surface area contributed by atoms with Crippen LogP contribution < -0.4 is 5.32 Å². The van der Waals surface area contributed by atoms with Crippen LogP contribution in [0.1, 0.15) is 36.6 Å². The van der Waals surface area contributed by atoms with Crippen molar-refractivity contribution in [2.24, 2.45) is 17.8 Å². The largest absolute Gasteiger partial charge is 0.312 e. The van der Waals surface area contributed by atoms with E-state index in [1.807, 2.05) is 0 Å². The first-order chi connectivity index (χ1) is 8.19. The quantitative estimate of drug-likeness (QED) is 0.832. The lowest BCUT2D eigenvalue weighted by atomic mass is 9.83. The summed E-state index contributed by atoms with van der Waals surface area (Å²) >= 11 is 11.4. The number of hydrogen-bond acceptors (Lipinski definition) is 2. The molecule has 1 nitrogen and oxygen atoms in total. The molecule has 2 bridgehead atoms. The molecule has 0 aliphatic heterocycles.